The van der Waals surface area contributed by atoms with E-state index in [4.69, 9.17) is 0 Å². The molecule has 1 rings (SSSR count). The van der Waals surface area contributed by atoms with E-state index < -0.39 is 0 Å². The summed E-state index contributed by atoms with van der Waals surface area (Å²) in [6.07, 6.45) is 0.903. The van der Waals surface area contributed by atoms with Crippen LogP contribution in [0.3, 0.4) is 0 Å². The number of ketones is 1. The number of hydrogen-bond acceptors (Lipinski definition) is 3. The SMILES string of the molecule is CC.CC(C)CC(=O)N1CCN(C(=O)CC(C)C)CC(=O)C1. The minimum atomic E-state index is -0.0586. The van der Waals surface area contributed by atoms with Crippen LogP contribution in [0.25, 0.3) is 0 Å². The summed E-state index contributed by atoms with van der Waals surface area (Å²) in [4.78, 5) is 39.1. The van der Waals surface area contributed by atoms with Crippen LogP contribution in [0.1, 0.15) is 54.4 Å². The summed E-state index contributed by atoms with van der Waals surface area (Å²) < 4.78 is 0. The van der Waals surface area contributed by atoms with Crippen molar-refractivity contribution >= 4 is 17.6 Å². The molecule has 22 heavy (non-hydrogen) atoms. The zero-order chi connectivity index (χ0) is 17.3. The zero-order valence-corrected chi connectivity index (χ0v) is 15.0. The van der Waals surface area contributed by atoms with Crippen molar-refractivity contribution in [2.24, 2.45) is 11.8 Å². The highest BCUT2D eigenvalue weighted by molar-refractivity contribution is 5.90. The van der Waals surface area contributed by atoms with Gasteiger partial charge in [0.25, 0.3) is 0 Å². The Morgan fingerprint density at radius 3 is 1.45 bits per heavy atom. The number of carbonyl (C=O) groups is 3. The van der Waals surface area contributed by atoms with E-state index in [0.717, 1.165) is 0 Å². The van der Waals surface area contributed by atoms with Crippen molar-refractivity contribution in [2.45, 2.75) is 54.4 Å². The van der Waals surface area contributed by atoms with Crippen molar-refractivity contribution < 1.29 is 14.4 Å². The third-order valence-electron chi connectivity index (χ3n) is 3.25. The molecule has 0 bridgehead atoms. The van der Waals surface area contributed by atoms with E-state index in [1.807, 2.05) is 41.5 Å². The van der Waals surface area contributed by atoms with Crippen molar-refractivity contribution in [3.05, 3.63) is 0 Å². The Labute approximate surface area is 135 Å². The van der Waals surface area contributed by atoms with Crippen LogP contribution in [0.5, 0.6) is 0 Å². The molecular weight excluding hydrogens is 280 g/mol. The molecule has 0 unspecified atom stereocenters. The Balaban J connectivity index is 0.00000211. The quantitative estimate of drug-likeness (QED) is 0.800. The normalized spacial score (nSPS) is 15.5. The van der Waals surface area contributed by atoms with Gasteiger partial charge in [0.05, 0.1) is 13.1 Å². The minimum absolute atomic E-state index is 0.00603. The van der Waals surface area contributed by atoms with Crippen LogP contribution >= 0.6 is 0 Å². The van der Waals surface area contributed by atoms with E-state index >= 15 is 0 Å². The topological polar surface area (TPSA) is 57.7 Å². The van der Waals surface area contributed by atoms with E-state index in [9.17, 15) is 14.4 Å². The van der Waals surface area contributed by atoms with Crippen LogP contribution in [0, 0.1) is 11.8 Å². The number of hydrogen-bond donors (Lipinski definition) is 0. The van der Waals surface area contributed by atoms with Crippen LogP contribution in [0.2, 0.25) is 0 Å². The molecule has 0 N–H and O–H groups in total. The lowest BCUT2D eigenvalue weighted by atomic mass is 10.1. The van der Waals surface area contributed by atoms with Crippen molar-refractivity contribution in [2.75, 3.05) is 26.2 Å². The van der Waals surface area contributed by atoms with Gasteiger partial charge >= 0.3 is 0 Å². The first kappa shape index (κ1) is 20.6. The first-order valence-corrected chi connectivity index (χ1v) is 8.36. The molecule has 1 heterocycles. The van der Waals surface area contributed by atoms with Gasteiger partial charge in [-0.2, -0.15) is 0 Å². The lowest BCUT2D eigenvalue weighted by Crippen LogP contribution is -2.37. The second-order valence-corrected chi connectivity index (χ2v) is 6.37. The van der Waals surface area contributed by atoms with Crippen molar-refractivity contribution in [3.8, 4) is 0 Å². The molecule has 5 heteroatoms. The van der Waals surface area contributed by atoms with Gasteiger partial charge in [0, 0.05) is 25.9 Å². The first-order chi connectivity index (χ1) is 10.3. The molecule has 0 aromatic rings. The number of amides is 2. The largest absolute Gasteiger partial charge is 0.334 e. The standard InChI is InChI=1S/C15H26N2O3.C2H6/c1-11(2)7-14(19)16-5-6-17(10-13(18)9-16)15(20)8-12(3)4;1-2/h11-12H,5-10H2,1-4H3;1-2H3. The van der Waals surface area contributed by atoms with Crippen LogP contribution < -0.4 is 0 Å². The molecule has 1 saturated heterocycles. The minimum Gasteiger partial charge on any atom is -0.334 e. The van der Waals surface area contributed by atoms with Gasteiger partial charge in [0.15, 0.2) is 5.78 Å². The first-order valence-electron chi connectivity index (χ1n) is 8.36. The lowest BCUT2D eigenvalue weighted by Gasteiger charge is -2.22. The van der Waals surface area contributed by atoms with Gasteiger partial charge in [-0.25, -0.2) is 0 Å². The molecule has 1 aliphatic heterocycles. The second kappa shape index (κ2) is 10.4. The molecule has 0 aromatic carbocycles. The fraction of sp³-hybridized carbons (Fsp3) is 0.824. The highest BCUT2D eigenvalue weighted by atomic mass is 16.2. The van der Waals surface area contributed by atoms with Crippen LogP contribution in [0.4, 0.5) is 0 Å². The number of Topliss-reactive ketones (excluding diaryl/α,β-unsaturated/α-hetero) is 1. The van der Waals surface area contributed by atoms with Crippen LogP contribution in [-0.2, 0) is 14.4 Å². The maximum absolute atomic E-state index is 12.0. The fourth-order valence-corrected chi connectivity index (χ4v) is 2.26. The average molecular weight is 312 g/mol. The Kier molecular flexibility index (Phi) is 9.70. The van der Waals surface area contributed by atoms with E-state index in [2.05, 4.69) is 0 Å². The fourth-order valence-electron chi connectivity index (χ4n) is 2.26. The third kappa shape index (κ3) is 7.57. The smallest absolute Gasteiger partial charge is 0.223 e. The summed E-state index contributed by atoms with van der Waals surface area (Å²) in [5.41, 5.74) is 0. The molecular formula is C17H32N2O3. The Hall–Kier alpha value is -1.39. The molecule has 0 spiro atoms. The van der Waals surface area contributed by atoms with Gasteiger partial charge in [-0.3, -0.25) is 14.4 Å². The summed E-state index contributed by atoms with van der Waals surface area (Å²) in [6.45, 7) is 13.1. The predicted molar refractivity (Wildman–Crippen MR) is 88.4 cm³/mol. The highest BCUT2D eigenvalue weighted by Gasteiger charge is 2.26. The van der Waals surface area contributed by atoms with E-state index in [0.29, 0.717) is 25.9 Å². The van der Waals surface area contributed by atoms with E-state index in [-0.39, 0.29) is 42.5 Å². The molecule has 5 nitrogen and oxygen atoms in total. The van der Waals surface area contributed by atoms with Gasteiger partial charge in [0.1, 0.15) is 0 Å². The van der Waals surface area contributed by atoms with Crippen molar-refractivity contribution in [3.63, 3.8) is 0 Å². The molecule has 0 aliphatic carbocycles. The van der Waals surface area contributed by atoms with Gasteiger partial charge in [-0.15, -0.1) is 0 Å². The number of nitrogens with zero attached hydrogens (tertiary/aromatic N) is 2. The van der Waals surface area contributed by atoms with Crippen LogP contribution in [0.15, 0.2) is 0 Å². The summed E-state index contributed by atoms with van der Waals surface area (Å²) >= 11 is 0. The maximum atomic E-state index is 12.0. The van der Waals surface area contributed by atoms with Gasteiger partial charge in [0.2, 0.25) is 11.8 Å². The zero-order valence-electron chi connectivity index (χ0n) is 15.0. The van der Waals surface area contributed by atoms with Gasteiger partial charge in [-0.1, -0.05) is 41.5 Å². The molecule has 1 aliphatic rings. The number of carbonyl (C=O) groups excluding carboxylic acids is 3. The van der Waals surface area contributed by atoms with E-state index in [1.165, 1.54) is 0 Å². The molecule has 0 aromatic heterocycles. The second-order valence-electron chi connectivity index (χ2n) is 6.37. The Morgan fingerprint density at radius 2 is 1.18 bits per heavy atom. The molecule has 1 fully saturated rings. The Bertz CT molecular complexity index is 344. The number of rotatable bonds is 4. The van der Waals surface area contributed by atoms with Gasteiger partial charge < -0.3 is 9.80 Å². The lowest BCUT2D eigenvalue weighted by molar-refractivity contribution is -0.135. The predicted octanol–water partition coefficient (Wildman–Crippen LogP) is 2.34. The van der Waals surface area contributed by atoms with Crippen LogP contribution in [-0.4, -0.2) is 53.6 Å². The average Bonchev–Trinajstić information content (AvgIpc) is 2.61. The molecule has 0 atom stereocenters. The third-order valence-corrected chi connectivity index (χ3v) is 3.25. The summed E-state index contributed by atoms with van der Waals surface area (Å²) in [5.74, 6) is 0.508. The van der Waals surface area contributed by atoms with Crippen molar-refractivity contribution in [1.29, 1.82) is 0 Å². The molecule has 2 amide bonds. The monoisotopic (exact) mass is 312 g/mol. The Morgan fingerprint density at radius 1 is 0.864 bits per heavy atom. The molecule has 0 radical (unpaired) electrons. The summed E-state index contributed by atoms with van der Waals surface area (Å²) in [7, 11) is 0. The van der Waals surface area contributed by atoms with Crippen molar-refractivity contribution in [1.82, 2.24) is 9.80 Å². The molecule has 128 valence electrons. The summed E-state index contributed by atoms with van der Waals surface area (Å²) in [6, 6.07) is 0. The summed E-state index contributed by atoms with van der Waals surface area (Å²) in [5, 5.41) is 0. The maximum Gasteiger partial charge on any atom is 0.223 e. The van der Waals surface area contributed by atoms with Gasteiger partial charge in [-0.05, 0) is 11.8 Å². The highest BCUT2D eigenvalue weighted by Crippen LogP contribution is 2.10. The molecule has 0 saturated carbocycles. The van der Waals surface area contributed by atoms with E-state index in [1.54, 1.807) is 9.80 Å².